The van der Waals surface area contributed by atoms with Crippen LogP contribution in [0.1, 0.15) is 16.1 Å². The lowest BCUT2D eigenvalue weighted by Gasteiger charge is -1.99. The number of methoxy groups -OCH3 is 1. The number of halogens is 1. The Hall–Kier alpha value is -1.13. The van der Waals surface area contributed by atoms with E-state index in [1.165, 1.54) is 7.11 Å². The molecular formula is C9H12ClNO3. The third-order valence-electron chi connectivity index (χ3n) is 1.62. The van der Waals surface area contributed by atoms with Crippen molar-refractivity contribution in [2.45, 2.75) is 6.42 Å². The van der Waals surface area contributed by atoms with Gasteiger partial charge in [-0.25, -0.2) is 9.78 Å². The molecule has 5 heteroatoms. The van der Waals surface area contributed by atoms with Crippen molar-refractivity contribution in [1.29, 1.82) is 0 Å². The highest BCUT2D eigenvalue weighted by atomic mass is 35.5. The highest BCUT2D eigenvalue weighted by molar-refractivity contribution is 5.86. The van der Waals surface area contributed by atoms with E-state index in [-0.39, 0.29) is 24.7 Å². The first-order valence-corrected chi connectivity index (χ1v) is 3.92. The van der Waals surface area contributed by atoms with E-state index in [1.54, 1.807) is 18.3 Å². The van der Waals surface area contributed by atoms with Gasteiger partial charge in [0.15, 0.2) is 0 Å². The van der Waals surface area contributed by atoms with Crippen LogP contribution < -0.4 is 0 Å². The Balaban J connectivity index is 0.00000169. The number of esters is 1. The molecule has 0 amide bonds. The predicted octanol–water partition coefficient (Wildman–Crippen LogP) is 0.825. The molecule has 1 aromatic rings. The monoisotopic (exact) mass is 217 g/mol. The van der Waals surface area contributed by atoms with Crippen LogP contribution in [0.3, 0.4) is 0 Å². The summed E-state index contributed by atoms with van der Waals surface area (Å²) in [6.45, 7) is 0.0826. The van der Waals surface area contributed by atoms with Gasteiger partial charge in [-0.1, -0.05) is 6.07 Å². The molecule has 1 N–H and O–H groups in total. The maximum atomic E-state index is 10.9. The fraction of sp³-hybridized carbons (Fsp3) is 0.333. The van der Waals surface area contributed by atoms with E-state index in [0.717, 1.165) is 5.56 Å². The van der Waals surface area contributed by atoms with Gasteiger partial charge in [0.2, 0.25) is 0 Å². The number of carbonyl (C=O) groups excluding carboxylic acids is 1. The Bertz CT molecular complexity index is 287. The van der Waals surface area contributed by atoms with Crippen molar-refractivity contribution < 1.29 is 14.6 Å². The molecule has 0 saturated carbocycles. The second kappa shape index (κ2) is 6.34. The highest BCUT2D eigenvalue weighted by Crippen LogP contribution is 2.01. The zero-order valence-electron chi connectivity index (χ0n) is 7.77. The molecule has 0 aliphatic heterocycles. The minimum atomic E-state index is -0.449. The number of rotatable bonds is 3. The van der Waals surface area contributed by atoms with Crippen LogP contribution in [0, 0.1) is 0 Å². The molecule has 0 aliphatic rings. The van der Waals surface area contributed by atoms with Gasteiger partial charge >= 0.3 is 5.97 Å². The molecule has 1 aromatic heterocycles. The van der Waals surface area contributed by atoms with Crippen LogP contribution >= 0.6 is 12.4 Å². The molecule has 0 radical (unpaired) electrons. The SMILES string of the molecule is COC(=O)c1ccc(CCO)cn1.Cl. The van der Waals surface area contributed by atoms with Gasteiger partial charge in [0.05, 0.1) is 7.11 Å². The van der Waals surface area contributed by atoms with Crippen LogP contribution in [-0.2, 0) is 11.2 Å². The van der Waals surface area contributed by atoms with Crippen LogP contribution in [-0.4, -0.2) is 29.8 Å². The van der Waals surface area contributed by atoms with E-state index in [4.69, 9.17) is 5.11 Å². The second-order valence-corrected chi connectivity index (χ2v) is 2.52. The minimum absolute atomic E-state index is 0. The number of pyridine rings is 1. The van der Waals surface area contributed by atoms with Gasteiger partial charge in [-0.2, -0.15) is 0 Å². The summed E-state index contributed by atoms with van der Waals surface area (Å²) in [5.41, 5.74) is 1.18. The molecule has 0 aliphatic carbocycles. The lowest BCUT2D eigenvalue weighted by molar-refractivity contribution is 0.0594. The molecule has 0 bridgehead atoms. The summed E-state index contributed by atoms with van der Waals surface area (Å²) in [6, 6.07) is 3.33. The minimum Gasteiger partial charge on any atom is -0.464 e. The van der Waals surface area contributed by atoms with E-state index in [0.29, 0.717) is 6.42 Å². The second-order valence-electron chi connectivity index (χ2n) is 2.52. The summed E-state index contributed by atoms with van der Waals surface area (Å²) in [6.07, 6.45) is 2.11. The van der Waals surface area contributed by atoms with E-state index >= 15 is 0 Å². The Morgan fingerprint density at radius 1 is 1.57 bits per heavy atom. The molecule has 0 fully saturated rings. The topological polar surface area (TPSA) is 59.4 Å². The Morgan fingerprint density at radius 3 is 2.71 bits per heavy atom. The number of aliphatic hydroxyl groups is 1. The van der Waals surface area contributed by atoms with Crippen molar-refractivity contribution in [2.75, 3.05) is 13.7 Å². The average Bonchev–Trinajstić information content (AvgIpc) is 2.18. The molecule has 4 nitrogen and oxygen atoms in total. The summed E-state index contributed by atoms with van der Waals surface area (Å²) in [4.78, 5) is 14.8. The molecule has 1 rings (SSSR count). The Kier molecular flexibility index (Phi) is 5.83. The summed E-state index contributed by atoms with van der Waals surface area (Å²) in [7, 11) is 1.31. The van der Waals surface area contributed by atoms with Crippen molar-refractivity contribution >= 4 is 18.4 Å². The molecule has 14 heavy (non-hydrogen) atoms. The number of nitrogens with zero attached hydrogens (tertiary/aromatic N) is 1. The third-order valence-corrected chi connectivity index (χ3v) is 1.62. The zero-order chi connectivity index (χ0) is 9.68. The van der Waals surface area contributed by atoms with E-state index in [9.17, 15) is 4.79 Å². The fourth-order valence-electron chi connectivity index (χ4n) is 0.927. The van der Waals surface area contributed by atoms with Crippen molar-refractivity contribution in [1.82, 2.24) is 4.98 Å². The fourth-order valence-corrected chi connectivity index (χ4v) is 0.927. The van der Waals surface area contributed by atoms with Crippen LogP contribution in [0.5, 0.6) is 0 Å². The molecule has 0 unspecified atom stereocenters. The van der Waals surface area contributed by atoms with Gasteiger partial charge in [-0.3, -0.25) is 0 Å². The van der Waals surface area contributed by atoms with Crippen molar-refractivity contribution in [3.05, 3.63) is 29.6 Å². The maximum Gasteiger partial charge on any atom is 0.356 e. The Labute approximate surface area is 88.3 Å². The first kappa shape index (κ1) is 12.9. The number of ether oxygens (including phenoxy) is 1. The normalized spacial score (nSPS) is 9.00. The first-order chi connectivity index (χ1) is 6.27. The molecule has 0 aromatic carbocycles. The lowest BCUT2D eigenvalue weighted by Crippen LogP contribution is -2.04. The molecule has 0 spiro atoms. The molecule has 0 saturated heterocycles. The Morgan fingerprint density at radius 2 is 2.29 bits per heavy atom. The van der Waals surface area contributed by atoms with Gasteiger partial charge in [0, 0.05) is 12.8 Å². The predicted molar refractivity (Wildman–Crippen MR) is 53.6 cm³/mol. The van der Waals surface area contributed by atoms with Gasteiger partial charge in [-0.05, 0) is 18.1 Å². The van der Waals surface area contributed by atoms with Crippen LogP contribution in [0.2, 0.25) is 0 Å². The van der Waals surface area contributed by atoms with Crippen LogP contribution in [0.15, 0.2) is 18.3 Å². The number of aliphatic hydroxyl groups excluding tert-OH is 1. The molecule has 0 atom stereocenters. The molecule has 78 valence electrons. The summed E-state index contributed by atoms with van der Waals surface area (Å²) >= 11 is 0. The van der Waals surface area contributed by atoms with Crippen molar-refractivity contribution in [3.63, 3.8) is 0 Å². The number of hydrogen-bond acceptors (Lipinski definition) is 4. The maximum absolute atomic E-state index is 10.9. The van der Waals surface area contributed by atoms with Crippen molar-refractivity contribution in [2.24, 2.45) is 0 Å². The third kappa shape index (κ3) is 3.32. The smallest absolute Gasteiger partial charge is 0.356 e. The number of carbonyl (C=O) groups is 1. The molecule has 1 heterocycles. The molecular weight excluding hydrogens is 206 g/mol. The lowest BCUT2D eigenvalue weighted by atomic mass is 10.2. The summed E-state index contributed by atoms with van der Waals surface area (Å²) < 4.78 is 4.49. The standard InChI is InChI=1S/C9H11NO3.ClH/c1-13-9(12)8-3-2-7(4-5-11)6-10-8;/h2-3,6,11H,4-5H2,1H3;1H. The van der Waals surface area contributed by atoms with Gasteiger partial charge < -0.3 is 9.84 Å². The van der Waals surface area contributed by atoms with Crippen LogP contribution in [0.25, 0.3) is 0 Å². The number of hydrogen-bond donors (Lipinski definition) is 1. The van der Waals surface area contributed by atoms with Crippen LogP contribution in [0.4, 0.5) is 0 Å². The van der Waals surface area contributed by atoms with Crippen molar-refractivity contribution in [3.8, 4) is 0 Å². The van der Waals surface area contributed by atoms with Gasteiger partial charge in [-0.15, -0.1) is 12.4 Å². The largest absolute Gasteiger partial charge is 0.464 e. The van der Waals surface area contributed by atoms with E-state index in [2.05, 4.69) is 9.72 Å². The van der Waals surface area contributed by atoms with Gasteiger partial charge in [0.25, 0.3) is 0 Å². The zero-order valence-corrected chi connectivity index (χ0v) is 8.58. The average molecular weight is 218 g/mol. The number of aromatic nitrogens is 1. The summed E-state index contributed by atoms with van der Waals surface area (Å²) in [5, 5.41) is 8.62. The summed E-state index contributed by atoms with van der Waals surface area (Å²) in [5.74, 6) is -0.449. The quantitative estimate of drug-likeness (QED) is 0.762. The van der Waals surface area contributed by atoms with E-state index < -0.39 is 5.97 Å². The highest BCUT2D eigenvalue weighted by Gasteiger charge is 2.05. The van der Waals surface area contributed by atoms with E-state index in [1.807, 2.05) is 0 Å². The first-order valence-electron chi connectivity index (χ1n) is 3.92. The van der Waals surface area contributed by atoms with Gasteiger partial charge in [0.1, 0.15) is 5.69 Å².